The van der Waals surface area contributed by atoms with Crippen LogP contribution in [-0.2, 0) is 16.0 Å². The van der Waals surface area contributed by atoms with Gasteiger partial charge >= 0.3 is 0 Å². The Morgan fingerprint density at radius 3 is 2.15 bits per heavy atom. The molecular weight excluding hydrogens is 336 g/mol. The molecule has 0 radical (unpaired) electrons. The minimum Gasteiger partial charge on any atom is -0.348 e. The number of amides is 2. The topological polar surface area (TPSA) is 58.2 Å². The number of unbranched alkanes of at least 4 members (excludes halogenated alkanes) is 2. The Morgan fingerprint density at radius 2 is 1.52 bits per heavy atom. The Labute approximate surface area is 162 Å². The van der Waals surface area contributed by atoms with Gasteiger partial charge in [0.2, 0.25) is 11.8 Å². The zero-order chi connectivity index (χ0) is 19.5. The van der Waals surface area contributed by atoms with Crippen LogP contribution < -0.4 is 10.6 Å². The van der Waals surface area contributed by atoms with Crippen molar-refractivity contribution < 1.29 is 9.59 Å². The molecule has 2 aromatic rings. The van der Waals surface area contributed by atoms with Crippen molar-refractivity contribution in [2.45, 2.75) is 58.0 Å². The van der Waals surface area contributed by atoms with Crippen molar-refractivity contribution in [1.29, 1.82) is 0 Å². The molecule has 27 heavy (non-hydrogen) atoms. The first-order valence-electron chi connectivity index (χ1n) is 9.78. The molecular formula is C23H30N2O2. The second-order valence-corrected chi connectivity index (χ2v) is 6.91. The van der Waals surface area contributed by atoms with Crippen LogP contribution in [0.25, 0.3) is 0 Å². The van der Waals surface area contributed by atoms with Crippen LogP contribution in [0.15, 0.2) is 60.7 Å². The highest BCUT2D eigenvalue weighted by Gasteiger charge is 2.22. The smallest absolute Gasteiger partial charge is 0.243 e. The van der Waals surface area contributed by atoms with Crippen LogP contribution >= 0.6 is 0 Å². The van der Waals surface area contributed by atoms with Gasteiger partial charge in [-0.1, -0.05) is 80.4 Å². The molecule has 0 aliphatic rings. The Balaban J connectivity index is 2.03. The van der Waals surface area contributed by atoms with Crippen LogP contribution in [0.2, 0.25) is 0 Å². The number of rotatable bonds is 10. The van der Waals surface area contributed by atoms with Crippen LogP contribution in [0.1, 0.15) is 56.7 Å². The fourth-order valence-corrected chi connectivity index (χ4v) is 3.00. The number of nitrogens with one attached hydrogen (secondary N) is 2. The molecule has 0 aromatic heterocycles. The van der Waals surface area contributed by atoms with Gasteiger partial charge < -0.3 is 10.6 Å². The van der Waals surface area contributed by atoms with Gasteiger partial charge in [-0.2, -0.15) is 0 Å². The highest BCUT2D eigenvalue weighted by atomic mass is 16.2. The van der Waals surface area contributed by atoms with Crippen molar-refractivity contribution in [3.8, 4) is 0 Å². The zero-order valence-electron chi connectivity index (χ0n) is 16.3. The van der Waals surface area contributed by atoms with Crippen molar-refractivity contribution in [2.75, 3.05) is 0 Å². The Hall–Kier alpha value is -2.62. The molecule has 2 rings (SSSR count). The molecule has 144 valence electrons. The standard InChI is InChI=1S/C23H30N2O2/c1-3-4-7-16-22(26)25-21(17-19-12-8-5-9-13-19)23(27)24-18(2)20-14-10-6-11-15-20/h5-6,8-15,18,21H,3-4,7,16-17H2,1-2H3,(H,24,27)(H,25,26). The fraction of sp³-hybridized carbons (Fsp3) is 0.391. The number of hydrogen-bond donors (Lipinski definition) is 2. The molecule has 2 N–H and O–H groups in total. The molecule has 4 nitrogen and oxygen atoms in total. The van der Waals surface area contributed by atoms with Crippen molar-refractivity contribution in [2.24, 2.45) is 0 Å². The summed E-state index contributed by atoms with van der Waals surface area (Å²) in [5.74, 6) is -0.217. The lowest BCUT2D eigenvalue weighted by Gasteiger charge is -2.22. The molecule has 2 atom stereocenters. The predicted octanol–water partition coefficient (Wildman–Crippen LogP) is 4.17. The first-order valence-corrected chi connectivity index (χ1v) is 9.78. The molecule has 0 saturated carbocycles. The van der Waals surface area contributed by atoms with Gasteiger partial charge in [-0.15, -0.1) is 0 Å². The molecule has 2 unspecified atom stereocenters. The van der Waals surface area contributed by atoms with E-state index in [1.54, 1.807) is 0 Å². The Kier molecular flexibility index (Phi) is 8.56. The summed E-state index contributed by atoms with van der Waals surface area (Å²) in [5.41, 5.74) is 2.07. The van der Waals surface area contributed by atoms with Crippen LogP contribution in [0.3, 0.4) is 0 Å². The van der Waals surface area contributed by atoms with E-state index in [-0.39, 0.29) is 17.9 Å². The molecule has 0 heterocycles. The number of carbonyl (C=O) groups is 2. The lowest BCUT2D eigenvalue weighted by molar-refractivity contribution is -0.129. The van der Waals surface area contributed by atoms with E-state index in [0.29, 0.717) is 12.8 Å². The first kappa shape index (κ1) is 20.7. The molecule has 0 aliphatic heterocycles. The third-order valence-corrected chi connectivity index (χ3v) is 4.60. The molecule has 0 bridgehead atoms. The highest BCUT2D eigenvalue weighted by Crippen LogP contribution is 2.12. The minimum atomic E-state index is -0.576. The van der Waals surface area contributed by atoms with Gasteiger partial charge in [-0.3, -0.25) is 9.59 Å². The summed E-state index contributed by atoms with van der Waals surface area (Å²) in [7, 11) is 0. The Bertz CT molecular complexity index is 701. The lowest BCUT2D eigenvalue weighted by atomic mass is 10.0. The molecule has 0 saturated heterocycles. The normalized spacial score (nSPS) is 12.8. The first-order chi connectivity index (χ1) is 13.1. The van der Waals surface area contributed by atoms with Crippen LogP contribution in [0.5, 0.6) is 0 Å². The predicted molar refractivity (Wildman–Crippen MR) is 109 cm³/mol. The van der Waals surface area contributed by atoms with E-state index in [2.05, 4.69) is 17.6 Å². The maximum Gasteiger partial charge on any atom is 0.243 e. The van der Waals surface area contributed by atoms with E-state index in [4.69, 9.17) is 0 Å². The van der Waals surface area contributed by atoms with E-state index in [9.17, 15) is 9.59 Å². The van der Waals surface area contributed by atoms with Gasteiger partial charge in [0.1, 0.15) is 6.04 Å². The maximum atomic E-state index is 12.9. The molecule has 4 heteroatoms. The molecule has 0 spiro atoms. The molecule has 2 amide bonds. The largest absolute Gasteiger partial charge is 0.348 e. The second kappa shape index (κ2) is 11.2. The van der Waals surface area contributed by atoms with Gasteiger partial charge in [0.05, 0.1) is 6.04 Å². The van der Waals surface area contributed by atoms with E-state index >= 15 is 0 Å². The summed E-state index contributed by atoms with van der Waals surface area (Å²) in [6.45, 7) is 4.06. The van der Waals surface area contributed by atoms with E-state index < -0.39 is 6.04 Å². The van der Waals surface area contributed by atoms with E-state index in [0.717, 1.165) is 30.4 Å². The molecule has 0 fully saturated rings. The summed E-state index contributed by atoms with van der Waals surface area (Å²) in [6, 6.07) is 18.9. The van der Waals surface area contributed by atoms with Crippen molar-refractivity contribution >= 4 is 11.8 Å². The SMILES string of the molecule is CCCCCC(=O)NC(Cc1ccccc1)C(=O)NC(C)c1ccccc1. The zero-order valence-corrected chi connectivity index (χ0v) is 16.3. The summed E-state index contributed by atoms with van der Waals surface area (Å²) < 4.78 is 0. The summed E-state index contributed by atoms with van der Waals surface area (Å²) in [5, 5.41) is 5.97. The van der Waals surface area contributed by atoms with Gasteiger partial charge in [0.25, 0.3) is 0 Å². The monoisotopic (exact) mass is 366 g/mol. The molecule has 0 aliphatic carbocycles. The van der Waals surface area contributed by atoms with Crippen molar-refractivity contribution in [3.63, 3.8) is 0 Å². The van der Waals surface area contributed by atoms with Gasteiger partial charge in [-0.05, 0) is 24.5 Å². The number of benzene rings is 2. The third-order valence-electron chi connectivity index (χ3n) is 4.60. The van der Waals surface area contributed by atoms with Crippen LogP contribution in [-0.4, -0.2) is 17.9 Å². The summed E-state index contributed by atoms with van der Waals surface area (Å²) in [4.78, 5) is 25.2. The van der Waals surface area contributed by atoms with Crippen molar-refractivity contribution in [3.05, 3.63) is 71.8 Å². The summed E-state index contributed by atoms with van der Waals surface area (Å²) in [6.07, 6.45) is 3.88. The average Bonchev–Trinajstić information content (AvgIpc) is 2.69. The average molecular weight is 367 g/mol. The fourth-order valence-electron chi connectivity index (χ4n) is 3.00. The quantitative estimate of drug-likeness (QED) is 0.620. The van der Waals surface area contributed by atoms with Crippen molar-refractivity contribution in [1.82, 2.24) is 10.6 Å². The van der Waals surface area contributed by atoms with E-state index in [1.807, 2.05) is 67.6 Å². The minimum absolute atomic E-state index is 0.0631. The van der Waals surface area contributed by atoms with Crippen LogP contribution in [0, 0.1) is 0 Å². The highest BCUT2D eigenvalue weighted by molar-refractivity contribution is 5.88. The second-order valence-electron chi connectivity index (χ2n) is 6.91. The van der Waals surface area contributed by atoms with Gasteiger partial charge in [0, 0.05) is 12.8 Å². The Morgan fingerprint density at radius 1 is 0.889 bits per heavy atom. The van der Waals surface area contributed by atoms with Gasteiger partial charge in [-0.25, -0.2) is 0 Å². The van der Waals surface area contributed by atoms with E-state index in [1.165, 1.54) is 0 Å². The third kappa shape index (κ3) is 7.26. The lowest BCUT2D eigenvalue weighted by Crippen LogP contribution is -2.48. The number of carbonyl (C=O) groups excluding carboxylic acids is 2. The maximum absolute atomic E-state index is 12.9. The van der Waals surface area contributed by atoms with Crippen LogP contribution in [0.4, 0.5) is 0 Å². The van der Waals surface area contributed by atoms with Gasteiger partial charge in [0.15, 0.2) is 0 Å². The number of hydrogen-bond acceptors (Lipinski definition) is 2. The summed E-state index contributed by atoms with van der Waals surface area (Å²) >= 11 is 0. The molecule has 2 aromatic carbocycles.